The zero-order chi connectivity index (χ0) is 14.7. The van der Waals surface area contributed by atoms with Gasteiger partial charge in [0.05, 0.1) is 16.3 Å². The number of rotatable bonds is 3. The fraction of sp³-hybridized carbons (Fsp3) is 0. The van der Waals surface area contributed by atoms with Gasteiger partial charge in [-0.3, -0.25) is 4.79 Å². The minimum absolute atomic E-state index is 0.255. The van der Waals surface area contributed by atoms with Crippen LogP contribution in [0.3, 0.4) is 0 Å². The van der Waals surface area contributed by atoms with E-state index in [1.54, 1.807) is 18.2 Å². The van der Waals surface area contributed by atoms with Gasteiger partial charge in [0.1, 0.15) is 0 Å². The number of hydrogen-bond donors (Lipinski definition) is 3. The van der Waals surface area contributed by atoms with Crippen molar-refractivity contribution in [1.29, 1.82) is 0 Å². The number of nitrogens with zero attached hydrogens (tertiary/aromatic N) is 1. The van der Waals surface area contributed by atoms with Crippen LogP contribution in [0.15, 0.2) is 34.9 Å². The Labute approximate surface area is 133 Å². The molecule has 8 heteroatoms. The van der Waals surface area contributed by atoms with Gasteiger partial charge in [-0.25, -0.2) is 10.8 Å². The van der Waals surface area contributed by atoms with Gasteiger partial charge in [-0.1, -0.05) is 23.2 Å². The number of nitrogens with one attached hydrogen (secondary N) is 2. The van der Waals surface area contributed by atoms with Crippen molar-refractivity contribution in [3.63, 3.8) is 0 Å². The van der Waals surface area contributed by atoms with Crippen molar-refractivity contribution in [2.75, 3.05) is 10.7 Å². The lowest BCUT2D eigenvalue weighted by molar-refractivity contribution is 0.102. The summed E-state index contributed by atoms with van der Waals surface area (Å²) in [7, 11) is 0. The molecular formula is C12H9BrCl2N4O. The topological polar surface area (TPSA) is 80.0 Å². The number of amides is 1. The predicted octanol–water partition coefficient (Wildman–Crippen LogP) is 3.69. The Balaban J connectivity index is 2.24. The van der Waals surface area contributed by atoms with E-state index < -0.39 is 0 Å². The first-order valence-corrected chi connectivity index (χ1v) is 6.94. The monoisotopic (exact) mass is 374 g/mol. The molecule has 1 aromatic heterocycles. The highest BCUT2D eigenvalue weighted by molar-refractivity contribution is 9.10. The minimum Gasteiger partial charge on any atom is -0.321 e. The molecule has 0 bridgehead atoms. The number of carbonyl (C=O) groups excluding carboxylic acids is 1. The van der Waals surface area contributed by atoms with E-state index in [1.807, 2.05) is 0 Å². The molecule has 2 aromatic rings. The Morgan fingerprint density at radius 3 is 2.70 bits per heavy atom. The predicted molar refractivity (Wildman–Crippen MR) is 84.2 cm³/mol. The molecule has 0 saturated carbocycles. The zero-order valence-electron chi connectivity index (χ0n) is 9.95. The van der Waals surface area contributed by atoms with Crippen molar-refractivity contribution >= 4 is 56.5 Å². The summed E-state index contributed by atoms with van der Waals surface area (Å²) < 4.78 is 0.717. The van der Waals surface area contributed by atoms with Crippen LogP contribution in [-0.4, -0.2) is 10.9 Å². The SMILES string of the molecule is NNc1ncc(C(=O)Nc2cc(Cl)ccc2Br)cc1Cl. The maximum atomic E-state index is 12.1. The lowest BCUT2D eigenvalue weighted by atomic mass is 10.2. The van der Waals surface area contributed by atoms with Crippen LogP contribution in [0, 0.1) is 0 Å². The summed E-state index contributed by atoms with van der Waals surface area (Å²) >= 11 is 15.1. The molecule has 20 heavy (non-hydrogen) atoms. The standard InChI is InChI=1S/C12H9BrCl2N4O/c13-8-2-1-7(14)4-10(8)18-12(20)6-3-9(15)11(19-16)17-5-6/h1-5H,16H2,(H,17,19)(H,18,20). The molecule has 1 aromatic carbocycles. The molecule has 0 fully saturated rings. The first-order chi connectivity index (χ1) is 9.51. The van der Waals surface area contributed by atoms with Crippen LogP contribution < -0.4 is 16.6 Å². The highest BCUT2D eigenvalue weighted by Gasteiger charge is 2.11. The summed E-state index contributed by atoms with van der Waals surface area (Å²) in [6.45, 7) is 0. The van der Waals surface area contributed by atoms with E-state index in [0.29, 0.717) is 22.1 Å². The Bertz CT molecular complexity index is 666. The van der Waals surface area contributed by atoms with Crippen molar-refractivity contribution in [2.24, 2.45) is 5.84 Å². The van der Waals surface area contributed by atoms with Crippen LogP contribution in [-0.2, 0) is 0 Å². The second-order valence-electron chi connectivity index (χ2n) is 3.78. The first-order valence-electron chi connectivity index (χ1n) is 5.40. The van der Waals surface area contributed by atoms with Gasteiger partial charge in [-0.15, -0.1) is 0 Å². The molecule has 4 N–H and O–H groups in total. The molecule has 0 aliphatic rings. The number of anilines is 2. The van der Waals surface area contributed by atoms with Crippen LogP contribution >= 0.6 is 39.1 Å². The van der Waals surface area contributed by atoms with Crippen LogP contribution in [0.1, 0.15) is 10.4 Å². The number of halogens is 3. The Morgan fingerprint density at radius 2 is 2.05 bits per heavy atom. The van der Waals surface area contributed by atoms with E-state index >= 15 is 0 Å². The summed E-state index contributed by atoms with van der Waals surface area (Å²) in [5, 5.41) is 3.48. The van der Waals surface area contributed by atoms with Gasteiger partial charge >= 0.3 is 0 Å². The summed E-state index contributed by atoms with van der Waals surface area (Å²) in [5.74, 6) is 5.16. The maximum Gasteiger partial charge on any atom is 0.257 e. The highest BCUT2D eigenvalue weighted by Crippen LogP contribution is 2.27. The fourth-order valence-electron chi connectivity index (χ4n) is 1.46. The summed E-state index contributed by atoms with van der Waals surface area (Å²) in [6, 6.07) is 6.55. The lowest BCUT2D eigenvalue weighted by Crippen LogP contribution is -2.14. The van der Waals surface area contributed by atoms with E-state index in [2.05, 4.69) is 31.7 Å². The third-order valence-electron chi connectivity index (χ3n) is 2.42. The van der Waals surface area contributed by atoms with E-state index in [-0.39, 0.29) is 10.9 Å². The number of hydrogen-bond acceptors (Lipinski definition) is 4. The second-order valence-corrected chi connectivity index (χ2v) is 5.48. The smallest absolute Gasteiger partial charge is 0.257 e. The fourth-order valence-corrected chi connectivity index (χ4v) is 2.19. The number of benzene rings is 1. The van der Waals surface area contributed by atoms with Crippen molar-refractivity contribution < 1.29 is 4.79 Å². The Kier molecular flexibility index (Phi) is 4.82. The van der Waals surface area contributed by atoms with E-state index in [9.17, 15) is 4.79 Å². The molecule has 0 saturated heterocycles. The second kappa shape index (κ2) is 6.41. The minimum atomic E-state index is -0.356. The average Bonchev–Trinajstić information content (AvgIpc) is 2.42. The molecule has 1 heterocycles. The van der Waals surface area contributed by atoms with Gasteiger partial charge in [0.2, 0.25) is 0 Å². The van der Waals surface area contributed by atoms with Gasteiger partial charge in [0.15, 0.2) is 5.82 Å². The van der Waals surface area contributed by atoms with Crippen LogP contribution in [0.4, 0.5) is 11.5 Å². The number of nitrogens with two attached hydrogens (primary N) is 1. The van der Waals surface area contributed by atoms with E-state index in [1.165, 1.54) is 12.3 Å². The number of pyridine rings is 1. The van der Waals surface area contributed by atoms with Gasteiger partial charge in [0, 0.05) is 15.7 Å². The summed E-state index contributed by atoms with van der Waals surface area (Å²) in [5.41, 5.74) is 3.19. The maximum absolute atomic E-state index is 12.1. The number of carbonyl (C=O) groups is 1. The number of nitrogen functional groups attached to an aromatic ring is 1. The van der Waals surface area contributed by atoms with Crippen LogP contribution in [0.2, 0.25) is 10.0 Å². The largest absolute Gasteiger partial charge is 0.321 e. The van der Waals surface area contributed by atoms with E-state index in [4.69, 9.17) is 29.0 Å². The normalized spacial score (nSPS) is 10.2. The van der Waals surface area contributed by atoms with E-state index in [0.717, 1.165) is 4.47 Å². The molecule has 0 unspecified atom stereocenters. The molecule has 0 spiro atoms. The van der Waals surface area contributed by atoms with Gasteiger partial charge in [-0.2, -0.15) is 0 Å². The number of aromatic nitrogens is 1. The van der Waals surface area contributed by atoms with Gasteiger partial charge in [0.25, 0.3) is 5.91 Å². The number of hydrazine groups is 1. The van der Waals surface area contributed by atoms with Crippen molar-refractivity contribution in [3.05, 3.63) is 50.5 Å². The highest BCUT2D eigenvalue weighted by atomic mass is 79.9. The summed E-state index contributed by atoms with van der Waals surface area (Å²) in [6.07, 6.45) is 1.37. The molecule has 2 rings (SSSR count). The van der Waals surface area contributed by atoms with Crippen molar-refractivity contribution in [3.8, 4) is 0 Å². The van der Waals surface area contributed by atoms with Crippen LogP contribution in [0.25, 0.3) is 0 Å². The Morgan fingerprint density at radius 1 is 1.30 bits per heavy atom. The molecule has 0 atom stereocenters. The quantitative estimate of drug-likeness (QED) is 0.564. The van der Waals surface area contributed by atoms with Gasteiger partial charge in [-0.05, 0) is 40.2 Å². The molecule has 104 valence electrons. The molecular weight excluding hydrogens is 367 g/mol. The molecule has 5 nitrogen and oxygen atoms in total. The zero-order valence-corrected chi connectivity index (χ0v) is 13.1. The molecule has 0 aliphatic heterocycles. The molecule has 1 amide bonds. The third kappa shape index (κ3) is 3.40. The van der Waals surface area contributed by atoms with Gasteiger partial charge < -0.3 is 10.7 Å². The summed E-state index contributed by atoms with van der Waals surface area (Å²) in [4.78, 5) is 16.0. The van der Waals surface area contributed by atoms with Crippen LogP contribution in [0.5, 0.6) is 0 Å². The average molecular weight is 376 g/mol. The lowest BCUT2D eigenvalue weighted by Gasteiger charge is -2.09. The molecule has 0 radical (unpaired) electrons. The molecule has 0 aliphatic carbocycles. The van der Waals surface area contributed by atoms with Crippen molar-refractivity contribution in [2.45, 2.75) is 0 Å². The Hall–Kier alpha value is -1.34. The first kappa shape index (κ1) is 15.1. The van der Waals surface area contributed by atoms with Crippen molar-refractivity contribution in [1.82, 2.24) is 4.98 Å². The third-order valence-corrected chi connectivity index (χ3v) is 3.63.